The number of ether oxygens (including phenoxy) is 2. The number of benzene rings is 2. The second-order valence-electron chi connectivity index (χ2n) is 15.4. The number of hydrogen-bond acceptors (Lipinski definition) is 8. The van der Waals surface area contributed by atoms with Crippen LogP contribution in [0.4, 0.5) is 4.79 Å². The summed E-state index contributed by atoms with van der Waals surface area (Å²) in [4.78, 5) is 61.4. The first-order valence-corrected chi connectivity index (χ1v) is 20.3. The Morgan fingerprint density at radius 3 is 1.73 bits per heavy atom. The number of carbonyl (C=O) groups excluding carboxylic acids is 3. The third-order valence-corrected chi connectivity index (χ3v) is 12.3. The van der Waals surface area contributed by atoms with Gasteiger partial charge in [0.05, 0.1) is 35.9 Å². The van der Waals surface area contributed by atoms with Crippen LogP contribution in [0.1, 0.15) is 95.9 Å². The molecule has 13 heteroatoms. The van der Waals surface area contributed by atoms with E-state index in [1.165, 1.54) is 7.11 Å². The highest BCUT2D eigenvalue weighted by molar-refractivity contribution is 5.84. The number of methoxy groups -OCH3 is 1. The number of nitrogens with two attached hydrogens (primary N) is 1. The molecule has 0 spiro atoms. The summed E-state index contributed by atoms with van der Waals surface area (Å²) in [5.74, 6) is 1.62. The minimum absolute atomic E-state index is 0.0000354. The molecule has 0 unspecified atom stereocenters. The van der Waals surface area contributed by atoms with Crippen molar-refractivity contribution >= 4 is 17.9 Å². The number of hydrogen-bond donors (Lipinski definition) is 3. The molecule has 3 amide bonds. The van der Waals surface area contributed by atoms with Gasteiger partial charge in [0.25, 0.3) is 5.91 Å². The van der Waals surface area contributed by atoms with Gasteiger partial charge < -0.3 is 39.9 Å². The zero-order chi connectivity index (χ0) is 39.3. The van der Waals surface area contributed by atoms with Crippen LogP contribution in [0, 0.1) is 5.92 Å². The van der Waals surface area contributed by atoms with Crippen molar-refractivity contribution in [2.24, 2.45) is 11.7 Å². The summed E-state index contributed by atoms with van der Waals surface area (Å²) in [6.07, 6.45) is 8.49. The summed E-state index contributed by atoms with van der Waals surface area (Å²) in [5, 5.41) is 0. The Labute approximate surface area is 329 Å². The van der Waals surface area contributed by atoms with Gasteiger partial charge in [-0.1, -0.05) is 62.4 Å². The highest BCUT2D eigenvalue weighted by Gasteiger charge is 2.40. The van der Waals surface area contributed by atoms with Crippen LogP contribution in [0.2, 0.25) is 0 Å². The van der Waals surface area contributed by atoms with Gasteiger partial charge in [-0.3, -0.25) is 9.59 Å². The van der Waals surface area contributed by atoms with Gasteiger partial charge in [0.1, 0.15) is 17.8 Å². The summed E-state index contributed by atoms with van der Waals surface area (Å²) in [6, 6.07) is 17.1. The highest BCUT2D eigenvalue weighted by atomic mass is 16.6. The topological polar surface area (TPSA) is 163 Å². The molecule has 1 saturated carbocycles. The zero-order valence-corrected chi connectivity index (χ0v) is 33.1. The Morgan fingerprint density at radius 1 is 0.768 bits per heavy atom. The number of H-pyrrole nitrogens is 2. The van der Waals surface area contributed by atoms with Crippen LogP contribution < -0.4 is 5.73 Å². The number of amides is 3. The molecule has 2 aromatic heterocycles. The first-order valence-electron chi connectivity index (χ1n) is 20.3. The first kappa shape index (κ1) is 39.2. The van der Waals surface area contributed by atoms with Crippen molar-refractivity contribution in [1.29, 1.82) is 0 Å². The SMILES string of the molecule is CCN(CC)[C@H]1CC[C@@H](C(=O)N2CCC[C@H]2c2ncc(-c3ccc(-c4ccc(-c5cnc([C@@H]6CCCN6C(=O)[C@@H](OC(N)=O)[C@@H](C)OC)[nH]5)cc4)cc3)[nH]2)CC1. The molecule has 13 nitrogen and oxygen atoms in total. The quantitative estimate of drug-likeness (QED) is 0.133. The van der Waals surface area contributed by atoms with E-state index in [4.69, 9.17) is 20.2 Å². The van der Waals surface area contributed by atoms with E-state index in [1.54, 1.807) is 18.0 Å². The Hall–Kier alpha value is -5.01. The molecule has 0 radical (unpaired) electrons. The second-order valence-corrected chi connectivity index (χ2v) is 15.4. The molecule has 56 heavy (non-hydrogen) atoms. The number of primary amides is 1. The predicted octanol–water partition coefficient (Wildman–Crippen LogP) is 6.86. The number of nitrogens with one attached hydrogen (secondary N) is 2. The number of aromatic amines is 2. The van der Waals surface area contributed by atoms with E-state index in [1.807, 2.05) is 6.20 Å². The second kappa shape index (κ2) is 17.4. The molecule has 7 rings (SSSR count). The molecule has 298 valence electrons. The van der Waals surface area contributed by atoms with Crippen LogP contribution >= 0.6 is 0 Å². The fourth-order valence-electron chi connectivity index (χ4n) is 9.04. The van der Waals surface area contributed by atoms with Gasteiger partial charge in [0.2, 0.25) is 12.0 Å². The molecule has 4 heterocycles. The lowest BCUT2D eigenvalue weighted by Gasteiger charge is -2.37. The van der Waals surface area contributed by atoms with E-state index in [9.17, 15) is 14.4 Å². The summed E-state index contributed by atoms with van der Waals surface area (Å²) < 4.78 is 10.4. The van der Waals surface area contributed by atoms with E-state index in [2.05, 4.69) is 87.1 Å². The van der Waals surface area contributed by atoms with Crippen molar-refractivity contribution in [2.75, 3.05) is 33.3 Å². The predicted molar refractivity (Wildman–Crippen MR) is 214 cm³/mol. The van der Waals surface area contributed by atoms with Crippen LogP contribution in [-0.2, 0) is 19.1 Å². The summed E-state index contributed by atoms with van der Waals surface area (Å²) in [5.41, 5.74) is 11.2. The average molecular weight is 765 g/mol. The summed E-state index contributed by atoms with van der Waals surface area (Å²) in [6.45, 7) is 9.59. The number of nitrogens with zero attached hydrogens (tertiary/aromatic N) is 5. The van der Waals surface area contributed by atoms with Gasteiger partial charge >= 0.3 is 6.09 Å². The van der Waals surface area contributed by atoms with Gasteiger partial charge in [-0.2, -0.15) is 0 Å². The van der Waals surface area contributed by atoms with Crippen molar-refractivity contribution in [1.82, 2.24) is 34.6 Å². The number of aromatic nitrogens is 4. The first-order chi connectivity index (χ1) is 27.2. The minimum atomic E-state index is -1.14. The number of carbonyl (C=O) groups is 3. The van der Waals surface area contributed by atoms with E-state index in [-0.39, 0.29) is 23.9 Å². The largest absolute Gasteiger partial charge is 0.433 e. The Morgan fingerprint density at radius 2 is 1.25 bits per heavy atom. The van der Waals surface area contributed by atoms with Gasteiger partial charge in [-0.05, 0) is 93.6 Å². The third-order valence-electron chi connectivity index (χ3n) is 12.3. The molecule has 2 aliphatic heterocycles. The van der Waals surface area contributed by atoms with Gasteiger partial charge in [0.15, 0.2) is 0 Å². The highest BCUT2D eigenvalue weighted by Crippen LogP contribution is 2.37. The normalized spacial score (nSPS) is 22.4. The molecular formula is C43H56N8O5. The maximum atomic E-state index is 13.7. The monoisotopic (exact) mass is 764 g/mol. The zero-order valence-electron chi connectivity index (χ0n) is 33.1. The summed E-state index contributed by atoms with van der Waals surface area (Å²) in [7, 11) is 1.46. The van der Waals surface area contributed by atoms with E-state index in [0.29, 0.717) is 24.3 Å². The number of imidazole rings is 2. The molecule has 1 aliphatic carbocycles. The lowest BCUT2D eigenvalue weighted by atomic mass is 9.84. The molecule has 3 aliphatic rings. The van der Waals surface area contributed by atoms with Crippen LogP contribution in [0.25, 0.3) is 33.6 Å². The number of rotatable bonds is 13. The average Bonchev–Trinajstić information content (AvgIpc) is 4.07. The third kappa shape index (κ3) is 8.24. The maximum absolute atomic E-state index is 13.7. The van der Waals surface area contributed by atoms with Crippen LogP contribution in [-0.4, -0.2) is 104 Å². The van der Waals surface area contributed by atoms with E-state index >= 15 is 0 Å². The molecule has 0 bridgehead atoms. The van der Waals surface area contributed by atoms with E-state index < -0.39 is 18.3 Å². The van der Waals surface area contributed by atoms with Crippen molar-refractivity contribution in [3.05, 3.63) is 72.6 Å². The lowest BCUT2D eigenvalue weighted by Crippen LogP contribution is -2.47. The summed E-state index contributed by atoms with van der Waals surface area (Å²) >= 11 is 0. The number of likely N-dealkylation sites (tertiary alicyclic amines) is 2. The fourth-order valence-corrected chi connectivity index (χ4v) is 9.04. The van der Waals surface area contributed by atoms with Crippen molar-refractivity contribution in [3.63, 3.8) is 0 Å². The van der Waals surface area contributed by atoms with Crippen LogP contribution in [0.5, 0.6) is 0 Å². The minimum Gasteiger partial charge on any atom is -0.433 e. The molecule has 2 aromatic carbocycles. The van der Waals surface area contributed by atoms with Crippen molar-refractivity contribution < 1.29 is 23.9 Å². The van der Waals surface area contributed by atoms with Gasteiger partial charge in [-0.25, -0.2) is 14.8 Å². The van der Waals surface area contributed by atoms with Gasteiger partial charge in [-0.15, -0.1) is 0 Å². The van der Waals surface area contributed by atoms with Crippen molar-refractivity contribution in [3.8, 4) is 33.6 Å². The van der Waals surface area contributed by atoms with Gasteiger partial charge in [0, 0.05) is 32.2 Å². The fraction of sp³-hybridized carbons (Fsp3) is 0.512. The molecule has 4 N–H and O–H groups in total. The molecule has 3 fully saturated rings. The maximum Gasteiger partial charge on any atom is 0.405 e. The molecular weight excluding hydrogens is 709 g/mol. The molecule has 4 aromatic rings. The van der Waals surface area contributed by atoms with Crippen molar-refractivity contribution in [2.45, 2.75) is 102 Å². The molecule has 4 atom stereocenters. The Balaban J connectivity index is 0.972. The van der Waals surface area contributed by atoms with E-state index in [0.717, 1.165) is 110 Å². The smallest absolute Gasteiger partial charge is 0.405 e. The Bertz CT molecular complexity index is 1950. The molecule has 2 saturated heterocycles. The van der Waals surface area contributed by atoms with Crippen LogP contribution in [0.15, 0.2) is 60.9 Å². The Kier molecular flexibility index (Phi) is 12.2. The van der Waals surface area contributed by atoms with Crippen LogP contribution in [0.3, 0.4) is 0 Å². The lowest BCUT2D eigenvalue weighted by molar-refractivity contribution is -0.148. The standard InChI is InChI=1S/C43H56N8O5/c1-5-49(6-2)33-21-19-32(20-22-33)41(52)50-23-7-9-36(50)39-45-25-34(47-39)30-15-11-28(12-16-30)29-13-17-31(18-14-29)35-26-46-40(48-35)37-10-8-24-51(37)42(53)38(27(3)55-4)56-43(44)54/h11-18,25-27,32-33,36-38H,5-10,19-24H2,1-4H3,(H2,44,54)(H,45,47)(H,46,48)/t27-,32-,33+,36+,37+,38+/m1/s1.